The van der Waals surface area contributed by atoms with E-state index in [1.165, 1.54) is 6.21 Å². The van der Waals surface area contributed by atoms with E-state index in [4.69, 9.17) is 11.6 Å². The van der Waals surface area contributed by atoms with E-state index in [9.17, 15) is 4.79 Å². The van der Waals surface area contributed by atoms with Crippen LogP contribution in [0.4, 0.5) is 0 Å². The number of amides is 1. The number of aromatic nitrogens is 2. The quantitative estimate of drug-likeness (QED) is 0.403. The maximum absolute atomic E-state index is 12.2. The summed E-state index contributed by atoms with van der Waals surface area (Å²) < 4.78 is 0. The van der Waals surface area contributed by atoms with Crippen molar-refractivity contribution in [1.82, 2.24) is 15.6 Å². The van der Waals surface area contributed by atoms with Crippen molar-refractivity contribution in [3.63, 3.8) is 0 Å². The monoisotopic (exact) mass is 374 g/mol. The highest BCUT2D eigenvalue weighted by molar-refractivity contribution is 6.33. The maximum Gasteiger partial charge on any atom is 0.289 e. The predicted molar refractivity (Wildman–Crippen MR) is 108 cm³/mol. The van der Waals surface area contributed by atoms with Crippen LogP contribution in [0.3, 0.4) is 0 Å². The lowest BCUT2D eigenvalue weighted by Crippen LogP contribution is -2.18. The van der Waals surface area contributed by atoms with Crippen molar-refractivity contribution in [3.05, 3.63) is 89.1 Å². The minimum atomic E-state index is -0.377. The summed E-state index contributed by atoms with van der Waals surface area (Å²) in [4.78, 5) is 12.2. The summed E-state index contributed by atoms with van der Waals surface area (Å²) in [5.74, 6) is -0.377. The van der Waals surface area contributed by atoms with Gasteiger partial charge in [0.05, 0.1) is 11.9 Å². The predicted octanol–water partition coefficient (Wildman–Crippen LogP) is 4.65. The van der Waals surface area contributed by atoms with Crippen molar-refractivity contribution in [1.29, 1.82) is 0 Å². The molecule has 0 spiro atoms. The summed E-state index contributed by atoms with van der Waals surface area (Å²) in [5.41, 5.74) is 5.15. The SMILES string of the molecule is O=C(NN=Cc1ccccc1Cl)c1cc(-c2ccc3ccccc3c2)n[nH]1. The molecule has 1 aromatic heterocycles. The Balaban J connectivity index is 1.49. The summed E-state index contributed by atoms with van der Waals surface area (Å²) in [6.45, 7) is 0. The molecule has 132 valence electrons. The molecule has 0 aliphatic heterocycles. The van der Waals surface area contributed by atoms with Gasteiger partial charge in [0.25, 0.3) is 5.91 Å². The molecule has 0 saturated heterocycles. The van der Waals surface area contributed by atoms with Crippen LogP contribution in [0.25, 0.3) is 22.0 Å². The van der Waals surface area contributed by atoms with Crippen molar-refractivity contribution in [3.8, 4) is 11.3 Å². The van der Waals surface area contributed by atoms with Crippen molar-refractivity contribution in [2.45, 2.75) is 0 Å². The molecule has 0 aliphatic rings. The fourth-order valence-electron chi connectivity index (χ4n) is 2.74. The second-order valence-corrected chi connectivity index (χ2v) is 6.36. The van der Waals surface area contributed by atoms with Crippen molar-refractivity contribution >= 4 is 34.5 Å². The number of rotatable bonds is 4. The molecule has 4 aromatic rings. The number of carbonyl (C=O) groups excluding carboxylic acids is 1. The highest BCUT2D eigenvalue weighted by Crippen LogP contribution is 2.23. The number of fused-ring (bicyclic) bond motifs is 1. The Kier molecular flexibility index (Phi) is 4.68. The number of halogens is 1. The molecule has 0 radical (unpaired) electrons. The van der Waals surface area contributed by atoms with Crippen LogP contribution in [0.2, 0.25) is 5.02 Å². The molecule has 5 nitrogen and oxygen atoms in total. The van der Waals surface area contributed by atoms with Crippen LogP contribution in [0.5, 0.6) is 0 Å². The molecule has 0 unspecified atom stereocenters. The fraction of sp³-hybridized carbons (Fsp3) is 0. The topological polar surface area (TPSA) is 70.1 Å². The number of H-pyrrole nitrogens is 1. The van der Waals surface area contributed by atoms with E-state index in [1.54, 1.807) is 12.1 Å². The Morgan fingerprint density at radius 1 is 1.00 bits per heavy atom. The number of nitrogens with one attached hydrogen (secondary N) is 2. The first kappa shape index (κ1) is 17.0. The van der Waals surface area contributed by atoms with Gasteiger partial charge in [0, 0.05) is 16.1 Å². The van der Waals surface area contributed by atoms with Crippen LogP contribution in [0, 0.1) is 0 Å². The van der Waals surface area contributed by atoms with E-state index in [0.29, 0.717) is 16.4 Å². The zero-order valence-corrected chi connectivity index (χ0v) is 14.9. The number of benzene rings is 3. The van der Waals surface area contributed by atoms with Crippen LogP contribution < -0.4 is 5.43 Å². The van der Waals surface area contributed by atoms with Gasteiger partial charge in [-0.05, 0) is 29.0 Å². The normalized spacial score (nSPS) is 11.1. The molecule has 0 aliphatic carbocycles. The zero-order valence-electron chi connectivity index (χ0n) is 14.2. The Morgan fingerprint density at radius 2 is 1.78 bits per heavy atom. The van der Waals surface area contributed by atoms with Gasteiger partial charge >= 0.3 is 0 Å². The molecule has 3 aromatic carbocycles. The summed E-state index contributed by atoms with van der Waals surface area (Å²) in [6.07, 6.45) is 1.50. The molecule has 6 heteroatoms. The molecule has 4 rings (SSSR count). The standard InChI is InChI=1S/C21H15ClN4O/c22-18-8-4-3-7-17(18)13-23-26-21(27)20-12-19(24-25-20)16-10-9-14-5-1-2-6-15(14)11-16/h1-13H,(H,24,25)(H,26,27). The van der Waals surface area contributed by atoms with E-state index in [0.717, 1.165) is 21.9 Å². The Bertz CT molecular complexity index is 1150. The average Bonchev–Trinajstić information content (AvgIpc) is 3.19. The molecule has 0 atom stereocenters. The highest BCUT2D eigenvalue weighted by atomic mass is 35.5. The fourth-order valence-corrected chi connectivity index (χ4v) is 2.92. The van der Waals surface area contributed by atoms with E-state index >= 15 is 0 Å². The third-order valence-corrected chi connectivity index (χ3v) is 4.49. The van der Waals surface area contributed by atoms with Crippen LogP contribution >= 0.6 is 11.6 Å². The number of aromatic amines is 1. The van der Waals surface area contributed by atoms with Gasteiger partial charge in [-0.3, -0.25) is 9.89 Å². The molecule has 0 bridgehead atoms. The van der Waals surface area contributed by atoms with E-state index < -0.39 is 0 Å². The summed E-state index contributed by atoms with van der Waals surface area (Å²) in [5, 5.41) is 13.8. The Hall–Kier alpha value is -3.44. The Morgan fingerprint density at radius 3 is 2.63 bits per heavy atom. The second kappa shape index (κ2) is 7.43. The van der Waals surface area contributed by atoms with Crippen molar-refractivity contribution in [2.75, 3.05) is 0 Å². The molecule has 2 N–H and O–H groups in total. The third-order valence-electron chi connectivity index (χ3n) is 4.14. The number of nitrogens with zero attached hydrogens (tertiary/aromatic N) is 2. The summed E-state index contributed by atoms with van der Waals surface area (Å²) in [7, 11) is 0. The lowest BCUT2D eigenvalue weighted by atomic mass is 10.1. The first-order chi connectivity index (χ1) is 13.2. The minimum absolute atomic E-state index is 0.328. The van der Waals surface area contributed by atoms with Gasteiger partial charge < -0.3 is 0 Å². The minimum Gasteiger partial charge on any atom is -0.272 e. The highest BCUT2D eigenvalue weighted by Gasteiger charge is 2.10. The van der Waals surface area contributed by atoms with Crippen LogP contribution in [0.1, 0.15) is 16.1 Å². The largest absolute Gasteiger partial charge is 0.289 e. The van der Waals surface area contributed by atoms with Crippen LogP contribution in [0.15, 0.2) is 77.9 Å². The molecule has 0 fully saturated rings. The van der Waals surface area contributed by atoms with Gasteiger partial charge in [0.2, 0.25) is 0 Å². The Labute approximate surface area is 160 Å². The maximum atomic E-state index is 12.2. The first-order valence-corrected chi connectivity index (χ1v) is 8.71. The van der Waals surface area contributed by atoms with Gasteiger partial charge in [-0.25, -0.2) is 5.43 Å². The van der Waals surface area contributed by atoms with Gasteiger partial charge in [-0.15, -0.1) is 0 Å². The second-order valence-electron chi connectivity index (χ2n) is 5.95. The summed E-state index contributed by atoms with van der Waals surface area (Å²) >= 11 is 6.05. The van der Waals surface area contributed by atoms with E-state index in [2.05, 4.69) is 26.8 Å². The van der Waals surface area contributed by atoms with E-state index in [-0.39, 0.29) is 5.91 Å². The molecular formula is C21H15ClN4O. The van der Waals surface area contributed by atoms with E-state index in [1.807, 2.05) is 54.6 Å². The van der Waals surface area contributed by atoms with Crippen molar-refractivity contribution < 1.29 is 4.79 Å². The van der Waals surface area contributed by atoms with Gasteiger partial charge in [-0.2, -0.15) is 10.2 Å². The van der Waals surface area contributed by atoms with Crippen LogP contribution in [-0.4, -0.2) is 22.3 Å². The summed E-state index contributed by atoms with van der Waals surface area (Å²) in [6, 6.07) is 23.1. The average molecular weight is 375 g/mol. The molecular weight excluding hydrogens is 360 g/mol. The lowest BCUT2D eigenvalue weighted by molar-refractivity contribution is 0.0950. The first-order valence-electron chi connectivity index (χ1n) is 8.33. The molecule has 27 heavy (non-hydrogen) atoms. The lowest BCUT2D eigenvalue weighted by Gasteiger charge is -2.00. The van der Waals surface area contributed by atoms with Gasteiger partial charge in [0.15, 0.2) is 0 Å². The van der Waals surface area contributed by atoms with Gasteiger partial charge in [-0.1, -0.05) is 66.2 Å². The molecule has 1 heterocycles. The molecule has 0 saturated carbocycles. The third kappa shape index (κ3) is 3.73. The van der Waals surface area contributed by atoms with Gasteiger partial charge in [0.1, 0.15) is 5.69 Å². The smallest absolute Gasteiger partial charge is 0.272 e. The number of hydrogen-bond donors (Lipinski definition) is 2. The number of hydrazone groups is 1. The molecule has 1 amide bonds. The van der Waals surface area contributed by atoms with Crippen LogP contribution in [-0.2, 0) is 0 Å². The number of carbonyl (C=O) groups is 1. The van der Waals surface area contributed by atoms with Crippen molar-refractivity contribution in [2.24, 2.45) is 5.10 Å². The zero-order chi connectivity index (χ0) is 18.6. The number of hydrogen-bond acceptors (Lipinski definition) is 3.